The summed E-state index contributed by atoms with van der Waals surface area (Å²) in [4.78, 5) is 17.4. The molecule has 8 heteroatoms. The number of ether oxygens (including phenoxy) is 1. The van der Waals surface area contributed by atoms with Crippen LogP contribution in [-0.2, 0) is 0 Å². The number of hydrogen-bond donors (Lipinski definition) is 1. The number of halogens is 3. The van der Waals surface area contributed by atoms with E-state index < -0.39 is 18.7 Å². The predicted molar refractivity (Wildman–Crippen MR) is 98.2 cm³/mol. The van der Waals surface area contributed by atoms with E-state index in [1.54, 1.807) is 13.0 Å². The van der Waals surface area contributed by atoms with Crippen molar-refractivity contribution in [3.05, 3.63) is 65.2 Å². The van der Waals surface area contributed by atoms with Gasteiger partial charge in [0, 0.05) is 5.56 Å². The van der Waals surface area contributed by atoms with Crippen LogP contribution in [0.5, 0.6) is 5.75 Å². The molecule has 0 bridgehead atoms. The summed E-state index contributed by atoms with van der Waals surface area (Å²) in [6, 6.07) is 15.4. The number of para-hydroxylation sites is 2. The van der Waals surface area contributed by atoms with E-state index in [1.165, 1.54) is 29.5 Å². The fourth-order valence-corrected chi connectivity index (χ4v) is 3.31. The molecule has 0 unspecified atom stereocenters. The number of anilines is 1. The normalized spacial score (nSPS) is 11.3. The molecule has 0 aliphatic rings. The first-order chi connectivity index (χ1) is 12.8. The summed E-state index contributed by atoms with van der Waals surface area (Å²) < 4.78 is 42.0. The van der Waals surface area contributed by atoms with Gasteiger partial charge in [0.25, 0.3) is 5.91 Å². The van der Waals surface area contributed by atoms with Crippen LogP contribution in [0.3, 0.4) is 0 Å². The summed E-state index contributed by atoms with van der Waals surface area (Å²) in [7, 11) is 0. The van der Waals surface area contributed by atoms with Crippen molar-refractivity contribution < 1.29 is 22.7 Å². The van der Waals surface area contributed by atoms with E-state index in [4.69, 9.17) is 4.74 Å². The summed E-state index contributed by atoms with van der Waals surface area (Å²) >= 11 is 1.22. The van der Waals surface area contributed by atoms with Crippen LogP contribution in [0.1, 0.15) is 15.4 Å². The molecule has 2 aromatic carbocycles. The summed E-state index contributed by atoms with van der Waals surface area (Å²) in [5, 5.41) is 3.30. The minimum atomic E-state index is -4.46. The SMILES string of the molecule is Cc1nc(-c2ccccc2)sc1C(=O)Nc1ccccc1OCC(F)(F)F. The Bertz CT molecular complexity index is 940. The largest absolute Gasteiger partial charge is 0.482 e. The maximum Gasteiger partial charge on any atom is 0.422 e. The van der Waals surface area contributed by atoms with Crippen molar-refractivity contribution in [3.8, 4) is 16.3 Å². The highest BCUT2D eigenvalue weighted by molar-refractivity contribution is 7.17. The van der Waals surface area contributed by atoms with Gasteiger partial charge in [-0.3, -0.25) is 4.79 Å². The quantitative estimate of drug-likeness (QED) is 0.640. The van der Waals surface area contributed by atoms with Gasteiger partial charge in [-0.15, -0.1) is 11.3 Å². The summed E-state index contributed by atoms with van der Waals surface area (Å²) in [6.45, 7) is 0.279. The zero-order valence-electron chi connectivity index (χ0n) is 14.2. The van der Waals surface area contributed by atoms with Gasteiger partial charge in [0.05, 0.1) is 11.4 Å². The number of alkyl halides is 3. The Morgan fingerprint density at radius 3 is 2.48 bits per heavy atom. The van der Waals surface area contributed by atoms with Gasteiger partial charge >= 0.3 is 6.18 Å². The lowest BCUT2D eigenvalue weighted by atomic mass is 10.2. The average Bonchev–Trinajstić information content (AvgIpc) is 3.03. The molecule has 0 radical (unpaired) electrons. The number of aromatic nitrogens is 1. The Labute approximate surface area is 157 Å². The molecule has 0 aliphatic heterocycles. The number of thiazole rings is 1. The molecular formula is C19H15F3N2O2S. The standard InChI is InChI=1S/C19H15F3N2O2S/c1-12-16(27-18(23-12)13-7-3-2-4-8-13)17(25)24-14-9-5-6-10-15(14)26-11-19(20,21)22/h2-10H,11H2,1H3,(H,24,25). The molecule has 0 saturated heterocycles. The van der Waals surface area contributed by atoms with Gasteiger partial charge in [0.1, 0.15) is 15.6 Å². The first kappa shape index (κ1) is 18.9. The highest BCUT2D eigenvalue weighted by Gasteiger charge is 2.29. The molecule has 4 nitrogen and oxygen atoms in total. The van der Waals surface area contributed by atoms with E-state index in [1.807, 2.05) is 30.3 Å². The third kappa shape index (κ3) is 4.85. The number of carbonyl (C=O) groups is 1. The van der Waals surface area contributed by atoms with Crippen LogP contribution in [0.2, 0.25) is 0 Å². The fourth-order valence-electron chi connectivity index (χ4n) is 2.35. The van der Waals surface area contributed by atoms with Crippen molar-refractivity contribution >= 4 is 22.9 Å². The van der Waals surface area contributed by atoms with Gasteiger partial charge in [0.15, 0.2) is 6.61 Å². The Balaban J connectivity index is 1.80. The summed E-state index contributed by atoms with van der Waals surface area (Å²) in [6.07, 6.45) is -4.46. The topological polar surface area (TPSA) is 51.2 Å². The third-order valence-electron chi connectivity index (χ3n) is 3.55. The van der Waals surface area contributed by atoms with E-state index in [2.05, 4.69) is 10.3 Å². The van der Waals surface area contributed by atoms with E-state index in [0.717, 1.165) is 5.56 Å². The van der Waals surface area contributed by atoms with Crippen LogP contribution in [0, 0.1) is 6.92 Å². The summed E-state index contributed by atoms with van der Waals surface area (Å²) in [5.41, 5.74) is 1.60. The van der Waals surface area contributed by atoms with Gasteiger partial charge in [-0.1, -0.05) is 42.5 Å². The molecule has 1 N–H and O–H groups in total. The van der Waals surface area contributed by atoms with Gasteiger partial charge in [-0.25, -0.2) is 4.98 Å². The number of rotatable bonds is 5. The molecule has 0 atom stereocenters. The lowest BCUT2D eigenvalue weighted by Gasteiger charge is -2.13. The summed E-state index contributed by atoms with van der Waals surface area (Å²) in [5.74, 6) is -0.496. The number of nitrogens with one attached hydrogen (secondary N) is 1. The monoisotopic (exact) mass is 392 g/mol. The van der Waals surface area contributed by atoms with Crippen LogP contribution in [0.15, 0.2) is 54.6 Å². The van der Waals surface area contributed by atoms with Gasteiger partial charge in [-0.05, 0) is 19.1 Å². The number of carbonyl (C=O) groups excluding carboxylic acids is 1. The van der Waals surface area contributed by atoms with Crippen LogP contribution in [0.4, 0.5) is 18.9 Å². The van der Waals surface area contributed by atoms with Crippen LogP contribution >= 0.6 is 11.3 Å². The van der Waals surface area contributed by atoms with E-state index in [9.17, 15) is 18.0 Å². The van der Waals surface area contributed by atoms with Crippen molar-refractivity contribution in [3.63, 3.8) is 0 Å². The molecule has 1 amide bonds. The first-order valence-electron chi connectivity index (χ1n) is 7.96. The predicted octanol–water partition coefficient (Wildman–Crippen LogP) is 5.31. The van der Waals surface area contributed by atoms with Gasteiger partial charge in [-0.2, -0.15) is 13.2 Å². The maximum absolute atomic E-state index is 12.6. The number of benzene rings is 2. The number of nitrogens with zero attached hydrogens (tertiary/aromatic N) is 1. The van der Waals surface area contributed by atoms with E-state index >= 15 is 0 Å². The van der Waals surface area contributed by atoms with E-state index in [0.29, 0.717) is 15.6 Å². The van der Waals surface area contributed by atoms with Crippen LogP contribution in [-0.4, -0.2) is 23.7 Å². The van der Waals surface area contributed by atoms with Crippen molar-refractivity contribution in [1.82, 2.24) is 4.98 Å². The van der Waals surface area contributed by atoms with Crippen molar-refractivity contribution in [2.24, 2.45) is 0 Å². The highest BCUT2D eigenvalue weighted by atomic mass is 32.1. The van der Waals surface area contributed by atoms with Crippen molar-refractivity contribution in [2.75, 3.05) is 11.9 Å². The molecule has 0 spiro atoms. The highest BCUT2D eigenvalue weighted by Crippen LogP contribution is 2.30. The molecule has 0 saturated carbocycles. The lowest BCUT2D eigenvalue weighted by molar-refractivity contribution is -0.153. The second-order valence-electron chi connectivity index (χ2n) is 5.65. The van der Waals surface area contributed by atoms with Gasteiger partial charge in [0.2, 0.25) is 0 Å². The Kier molecular flexibility index (Phi) is 5.46. The Morgan fingerprint density at radius 1 is 1.11 bits per heavy atom. The number of aryl methyl sites for hydroxylation is 1. The smallest absolute Gasteiger partial charge is 0.422 e. The molecule has 140 valence electrons. The molecular weight excluding hydrogens is 377 g/mol. The molecule has 1 heterocycles. The Morgan fingerprint density at radius 2 is 1.78 bits per heavy atom. The lowest BCUT2D eigenvalue weighted by Crippen LogP contribution is -2.20. The molecule has 3 rings (SSSR count). The maximum atomic E-state index is 12.6. The molecule has 3 aromatic rings. The minimum Gasteiger partial charge on any atom is -0.482 e. The second kappa shape index (κ2) is 7.79. The van der Waals surface area contributed by atoms with Gasteiger partial charge < -0.3 is 10.1 Å². The second-order valence-corrected chi connectivity index (χ2v) is 6.65. The first-order valence-corrected chi connectivity index (χ1v) is 8.78. The number of hydrogen-bond acceptors (Lipinski definition) is 4. The van der Waals surface area contributed by atoms with Crippen LogP contribution < -0.4 is 10.1 Å². The zero-order chi connectivity index (χ0) is 19.4. The van der Waals surface area contributed by atoms with Crippen molar-refractivity contribution in [2.45, 2.75) is 13.1 Å². The molecule has 27 heavy (non-hydrogen) atoms. The average molecular weight is 392 g/mol. The van der Waals surface area contributed by atoms with Crippen LogP contribution in [0.25, 0.3) is 10.6 Å². The number of amides is 1. The molecule has 1 aromatic heterocycles. The van der Waals surface area contributed by atoms with Crippen molar-refractivity contribution in [1.29, 1.82) is 0 Å². The molecule has 0 fully saturated rings. The Hall–Kier alpha value is -2.87. The fraction of sp³-hybridized carbons (Fsp3) is 0.158. The minimum absolute atomic E-state index is 0.0476. The molecule has 0 aliphatic carbocycles. The zero-order valence-corrected chi connectivity index (χ0v) is 15.0. The van der Waals surface area contributed by atoms with E-state index in [-0.39, 0.29) is 11.4 Å². The third-order valence-corrected chi connectivity index (χ3v) is 4.76.